The first-order chi connectivity index (χ1) is 6.45. The second-order valence-corrected chi connectivity index (χ2v) is 4.42. The van der Waals surface area contributed by atoms with Gasteiger partial charge in [-0.3, -0.25) is 4.79 Å². The number of hydrogen-bond acceptors (Lipinski definition) is 2. The summed E-state index contributed by atoms with van der Waals surface area (Å²) in [6, 6.07) is 0. The molecule has 3 N–H and O–H groups in total. The Labute approximate surface area is 91.4 Å². The van der Waals surface area contributed by atoms with Crippen LogP contribution in [0.25, 0.3) is 0 Å². The van der Waals surface area contributed by atoms with E-state index in [-0.39, 0.29) is 16.8 Å². The van der Waals surface area contributed by atoms with Crippen molar-refractivity contribution in [3.05, 3.63) is 0 Å². The smallest absolute Gasteiger partial charge is 0.229 e. The maximum Gasteiger partial charge on any atom is 0.229 e. The lowest BCUT2D eigenvalue weighted by molar-refractivity contribution is -0.122. The van der Waals surface area contributed by atoms with E-state index in [0.717, 1.165) is 12.8 Å². The van der Waals surface area contributed by atoms with E-state index in [1.807, 2.05) is 0 Å². The fraction of sp³-hybridized carbons (Fsp3) is 0.800. The molecule has 1 unspecified atom stereocenters. The van der Waals surface area contributed by atoms with Gasteiger partial charge in [0.25, 0.3) is 0 Å². The Morgan fingerprint density at radius 1 is 1.43 bits per heavy atom. The van der Waals surface area contributed by atoms with E-state index in [0.29, 0.717) is 12.5 Å². The number of amides is 1. The molecule has 0 radical (unpaired) electrons. The second kappa shape index (κ2) is 6.76. The number of rotatable bonds is 6. The zero-order chi connectivity index (χ0) is 11.1. The summed E-state index contributed by atoms with van der Waals surface area (Å²) in [4.78, 5) is 11.6. The van der Waals surface area contributed by atoms with Crippen molar-refractivity contribution in [1.29, 1.82) is 0 Å². The molecular weight excluding hydrogens is 196 g/mol. The molecule has 3 nitrogen and oxygen atoms in total. The summed E-state index contributed by atoms with van der Waals surface area (Å²) < 4.78 is 0. The van der Waals surface area contributed by atoms with Gasteiger partial charge in [-0.2, -0.15) is 0 Å². The van der Waals surface area contributed by atoms with E-state index in [4.69, 9.17) is 18.0 Å². The third kappa shape index (κ3) is 5.91. The summed E-state index contributed by atoms with van der Waals surface area (Å²) in [5, 5.41) is 2.81. The van der Waals surface area contributed by atoms with Crippen molar-refractivity contribution in [2.45, 2.75) is 33.6 Å². The van der Waals surface area contributed by atoms with Crippen molar-refractivity contribution < 1.29 is 4.79 Å². The molecule has 14 heavy (non-hydrogen) atoms. The molecule has 0 aromatic rings. The van der Waals surface area contributed by atoms with Crippen LogP contribution in [0, 0.1) is 11.8 Å². The van der Waals surface area contributed by atoms with Gasteiger partial charge in [-0.1, -0.05) is 26.1 Å². The summed E-state index contributed by atoms with van der Waals surface area (Å²) >= 11 is 4.73. The summed E-state index contributed by atoms with van der Waals surface area (Å²) in [6.07, 6.45) is 2.13. The van der Waals surface area contributed by atoms with Gasteiger partial charge in [-0.25, -0.2) is 0 Å². The Morgan fingerprint density at radius 3 is 2.43 bits per heavy atom. The topological polar surface area (TPSA) is 55.1 Å². The molecule has 4 heteroatoms. The van der Waals surface area contributed by atoms with Gasteiger partial charge < -0.3 is 11.1 Å². The van der Waals surface area contributed by atoms with Gasteiger partial charge in [0.1, 0.15) is 0 Å². The normalized spacial score (nSPS) is 12.6. The van der Waals surface area contributed by atoms with Crippen LogP contribution >= 0.6 is 12.2 Å². The van der Waals surface area contributed by atoms with Crippen LogP contribution in [0.4, 0.5) is 0 Å². The molecule has 1 atom stereocenters. The van der Waals surface area contributed by atoms with Gasteiger partial charge in [0.2, 0.25) is 5.91 Å². The zero-order valence-corrected chi connectivity index (χ0v) is 9.99. The average Bonchev–Trinajstić information content (AvgIpc) is 2.10. The largest absolute Gasteiger partial charge is 0.393 e. The van der Waals surface area contributed by atoms with Crippen molar-refractivity contribution in [2.75, 3.05) is 6.54 Å². The number of carbonyl (C=O) groups is 1. The minimum Gasteiger partial charge on any atom is -0.393 e. The molecule has 0 rings (SSSR count). The van der Waals surface area contributed by atoms with Crippen LogP contribution in [0.1, 0.15) is 33.6 Å². The fourth-order valence-corrected chi connectivity index (χ4v) is 1.11. The molecule has 0 fully saturated rings. The monoisotopic (exact) mass is 216 g/mol. The van der Waals surface area contributed by atoms with E-state index in [2.05, 4.69) is 19.2 Å². The summed E-state index contributed by atoms with van der Waals surface area (Å²) in [5.41, 5.74) is 5.36. The fourth-order valence-electron chi connectivity index (χ4n) is 1.00. The van der Waals surface area contributed by atoms with Crippen LogP contribution in [-0.2, 0) is 4.79 Å². The second-order valence-electron chi connectivity index (χ2n) is 3.95. The maximum absolute atomic E-state index is 11.4. The Kier molecular flexibility index (Phi) is 6.45. The van der Waals surface area contributed by atoms with Gasteiger partial charge in [0, 0.05) is 6.54 Å². The number of nitrogens with one attached hydrogen (secondary N) is 1. The minimum atomic E-state index is -0.357. The van der Waals surface area contributed by atoms with Crippen molar-refractivity contribution in [1.82, 2.24) is 5.32 Å². The van der Waals surface area contributed by atoms with Gasteiger partial charge in [0.05, 0.1) is 10.9 Å². The molecule has 0 heterocycles. The Morgan fingerprint density at radius 2 is 2.00 bits per heavy atom. The number of carbonyl (C=O) groups excluding carboxylic acids is 1. The van der Waals surface area contributed by atoms with Crippen LogP contribution in [-0.4, -0.2) is 17.4 Å². The number of hydrogen-bond donors (Lipinski definition) is 2. The molecule has 0 aliphatic carbocycles. The van der Waals surface area contributed by atoms with Crippen molar-refractivity contribution in [3.63, 3.8) is 0 Å². The van der Waals surface area contributed by atoms with E-state index in [9.17, 15) is 4.79 Å². The van der Waals surface area contributed by atoms with E-state index in [1.165, 1.54) is 0 Å². The number of nitrogens with two attached hydrogens (primary N) is 1. The molecule has 82 valence electrons. The molecule has 0 saturated heterocycles. The molecule has 0 saturated carbocycles. The van der Waals surface area contributed by atoms with Crippen molar-refractivity contribution >= 4 is 23.1 Å². The summed E-state index contributed by atoms with van der Waals surface area (Å²) in [6.45, 7) is 6.77. The van der Waals surface area contributed by atoms with Gasteiger partial charge in [0.15, 0.2) is 0 Å². The predicted octanol–water partition coefficient (Wildman–Crippen LogP) is 1.46. The van der Waals surface area contributed by atoms with Gasteiger partial charge in [-0.15, -0.1) is 0 Å². The Bertz CT molecular complexity index is 204. The maximum atomic E-state index is 11.4. The molecule has 0 aliphatic heterocycles. The van der Waals surface area contributed by atoms with Gasteiger partial charge in [-0.05, 0) is 25.7 Å². The van der Waals surface area contributed by atoms with Crippen LogP contribution < -0.4 is 11.1 Å². The zero-order valence-electron chi connectivity index (χ0n) is 9.17. The third-order valence-electron chi connectivity index (χ3n) is 2.08. The highest BCUT2D eigenvalue weighted by Gasteiger charge is 2.14. The molecule has 0 spiro atoms. The Balaban J connectivity index is 3.59. The lowest BCUT2D eigenvalue weighted by Gasteiger charge is -2.10. The summed E-state index contributed by atoms with van der Waals surface area (Å²) in [5.74, 6) is 0.255. The van der Waals surface area contributed by atoms with Crippen LogP contribution in [0.2, 0.25) is 0 Å². The molecule has 1 amide bonds. The molecule has 0 bridgehead atoms. The third-order valence-corrected chi connectivity index (χ3v) is 2.43. The number of thiocarbonyl (C=S) groups is 1. The van der Waals surface area contributed by atoms with E-state index < -0.39 is 0 Å². The van der Waals surface area contributed by atoms with Crippen LogP contribution in [0.3, 0.4) is 0 Å². The molecule has 0 aliphatic rings. The minimum absolute atomic E-state index is 0.0683. The molecular formula is C10H20N2OS. The highest BCUT2D eigenvalue weighted by Crippen LogP contribution is 2.02. The van der Waals surface area contributed by atoms with Crippen LogP contribution in [0.15, 0.2) is 0 Å². The first-order valence-corrected chi connectivity index (χ1v) is 5.43. The van der Waals surface area contributed by atoms with E-state index >= 15 is 0 Å². The van der Waals surface area contributed by atoms with Crippen molar-refractivity contribution in [3.8, 4) is 0 Å². The van der Waals surface area contributed by atoms with Crippen molar-refractivity contribution in [2.24, 2.45) is 17.6 Å². The van der Waals surface area contributed by atoms with Gasteiger partial charge >= 0.3 is 0 Å². The molecule has 0 aromatic heterocycles. The van der Waals surface area contributed by atoms with E-state index in [1.54, 1.807) is 6.92 Å². The lowest BCUT2D eigenvalue weighted by atomic mass is 10.1. The first kappa shape index (κ1) is 13.4. The highest BCUT2D eigenvalue weighted by molar-refractivity contribution is 7.80. The lowest BCUT2D eigenvalue weighted by Crippen LogP contribution is -2.36. The highest BCUT2D eigenvalue weighted by atomic mass is 32.1. The predicted molar refractivity (Wildman–Crippen MR) is 63.0 cm³/mol. The standard InChI is InChI=1S/C10H20N2OS/c1-7(2)5-4-6-12-10(13)8(3)9(11)14/h7-8H,4-6H2,1-3H3,(H2,11,14)(H,12,13). The quantitative estimate of drug-likeness (QED) is 0.522. The van der Waals surface area contributed by atoms with Crippen LogP contribution in [0.5, 0.6) is 0 Å². The first-order valence-electron chi connectivity index (χ1n) is 5.02. The SMILES string of the molecule is CC(C)CCCNC(=O)C(C)C(N)=S. The summed E-state index contributed by atoms with van der Waals surface area (Å²) in [7, 11) is 0. The Hall–Kier alpha value is -0.640. The molecule has 0 aromatic carbocycles. The average molecular weight is 216 g/mol.